The number of nitrogen functional groups attached to an aromatic ring is 1. The smallest absolute Gasteiger partial charge is 0.383 e. The minimum Gasteiger partial charge on any atom is -0.383 e. The predicted octanol–water partition coefficient (Wildman–Crippen LogP) is 3.74. The Bertz CT molecular complexity index is 998. The molecule has 0 fully saturated rings. The van der Waals surface area contributed by atoms with E-state index in [0.29, 0.717) is 15.9 Å². The average molecular weight is 398 g/mol. The maximum Gasteiger partial charge on any atom is 0.408 e. The van der Waals surface area contributed by atoms with Crippen molar-refractivity contribution in [2.45, 2.75) is 26.1 Å². The van der Waals surface area contributed by atoms with Crippen molar-refractivity contribution in [3.63, 3.8) is 0 Å². The number of nitrogens with one attached hydrogen (secondary N) is 1. The molecule has 28 heavy (non-hydrogen) atoms. The van der Waals surface area contributed by atoms with Gasteiger partial charge in [-0.2, -0.15) is 23.3 Å². The number of nitrogens with zero attached hydrogens (tertiary/aromatic N) is 4. The van der Waals surface area contributed by atoms with Crippen LogP contribution in [0.5, 0.6) is 0 Å². The summed E-state index contributed by atoms with van der Waals surface area (Å²) < 4.78 is 65.3. The first-order valence-electron chi connectivity index (χ1n) is 8.04. The molecular weight excluding hydrogens is 383 g/mol. The number of hydrogen-bond donors (Lipinski definition) is 2. The molecule has 0 radical (unpaired) electrons. The summed E-state index contributed by atoms with van der Waals surface area (Å²) in [5.41, 5.74) is 7.00. The molecule has 1 aromatic carbocycles. The van der Waals surface area contributed by atoms with Crippen LogP contribution in [-0.4, -0.2) is 25.9 Å². The number of anilines is 3. The van der Waals surface area contributed by atoms with Crippen molar-refractivity contribution in [3.8, 4) is 0 Å². The van der Waals surface area contributed by atoms with Crippen LogP contribution in [0, 0.1) is 18.6 Å². The van der Waals surface area contributed by atoms with Gasteiger partial charge in [-0.3, -0.25) is 4.68 Å². The first kappa shape index (κ1) is 19.5. The van der Waals surface area contributed by atoms with E-state index in [1.165, 1.54) is 6.20 Å². The van der Waals surface area contributed by atoms with Crippen LogP contribution in [0.4, 0.5) is 39.4 Å². The molecule has 0 unspecified atom stereocenters. The molecule has 2 heterocycles. The molecule has 0 aliphatic heterocycles. The third-order valence-electron chi connectivity index (χ3n) is 3.88. The number of benzene rings is 1. The summed E-state index contributed by atoms with van der Waals surface area (Å²) in [4.78, 5) is 8.25. The van der Waals surface area contributed by atoms with Gasteiger partial charge in [-0.15, -0.1) is 0 Å². The van der Waals surface area contributed by atoms with Crippen molar-refractivity contribution >= 4 is 17.5 Å². The van der Waals surface area contributed by atoms with E-state index >= 15 is 0 Å². The van der Waals surface area contributed by atoms with Gasteiger partial charge in [-0.05, 0) is 30.7 Å². The number of aromatic nitrogens is 4. The van der Waals surface area contributed by atoms with Crippen LogP contribution in [-0.2, 0) is 13.0 Å². The summed E-state index contributed by atoms with van der Waals surface area (Å²) in [6, 6.07) is 3.08. The van der Waals surface area contributed by atoms with Gasteiger partial charge in [0.1, 0.15) is 24.0 Å². The molecule has 3 rings (SSSR count). The first-order valence-corrected chi connectivity index (χ1v) is 8.04. The van der Waals surface area contributed by atoms with Crippen molar-refractivity contribution in [1.29, 1.82) is 0 Å². The van der Waals surface area contributed by atoms with E-state index in [4.69, 9.17) is 5.73 Å². The number of nitrogens with two attached hydrogens (primary N) is 1. The molecule has 0 aliphatic carbocycles. The molecule has 0 amide bonds. The van der Waals surface area contributed by atoms with Crippen LogP contribution in [0.2, 0.25) is 0 Å². The molecule has 0 bridgehead atoms. The van der Waals surface area contributed by atoms with E-state index in [9.17, 15) is 22.0 Å². The molecule has 3 aromatic rings. The van der Waals surface area contributed by atoms with Gasteiger partial charge in [0.25, 0.3) is 0 Å². The molecule has 2 aromatic heterocycles. The Morgan fingerprint density at radius 1 is 1.18 bits per heavy atom. The highest BCUT2D eigenvalue weighted by atomic mass is 19.4. The summed E-state index contributed by atoms with van der Waals surface area (Å²) >= 11 is 0. The van der Waals surface area contributed by atoms with Crippen LogP contribution < -0.4 is 11.1 Å². The fraction of sp³-hybridized carbons (Fsp3) is 0.235. The molecule has 148 valence electrons. The number of rotatable bonds is 5. The summed E-state index contributed by atoms with van der Waals surface area (Å²) in [5, 5.41) is 6.31. The zero-order valence-corrected chi connectivity index (χ0v) is 14.6. The second kappa shape index (κ2) is 7.41. The van der Waals surface area contributed by atoms with Gasteiger partial charge in [0.15, 0.2) is 0 Å². The van der Waals surface area contributed by atoms with Crippen LogP contribution in [0.15, 0.2) is 30.6 Å². The Balaban J connectivity index is 1.84. The second-order valence-electron chi connectivity index (χ2n) is 6.08. The van der Waals surface area contributed by atoms with Crippen LogP contribution in [0.3, 0.4) is 0 Å². The molecule has 0 saturated heterocycles. The highest BCUT2D eigenvalue weighted by Gasteiger charge is 2.28. The fourth-order valence-electron chi connectivity index (χ4n) is 2.50. The molecule has 0 atom stereocenters. The highest BCUT2D eigenvalue weighted by Crippen LogP contribution is 2.23. The third kappa shape index (κ3) is 4.72. The quantitative estimate of drug-likeness (QED) is 0.640. The van der Waals surface area contributed by atoms with Crippen LogP contribution in [0.1, 0.15) is 16.8 Å². The molecular formula is C17H15F5N6. The zero-order valence-electron chi connectivity index (χ0n) is 14.6. The van der Waals surface area contributed by atoms with Crippen molar-refractivity contribution in [2.75, 3.05) is 11.1 Å². The minimum atomic E-state index is -4.41. The Morgan fingerprint density at radius 3 is 2.64 bits per heavy atom. The van der Waals surface area contributed by atoms with Gasteiger partial charge in [0, 0.05) is 18.2 Å². The molecule has 6 nitrogen and oxygen atoms in total. The van der Waals surface area contributed by atoms with Crippen molar-refractivity contribution in [2.24, 2.45) is 0 Å². The number of alkyl halides is 3. The van der Waals surface area contributed by atoms with Gasteiger partial charge < -0.3 is 11.1 Å². The zero-order chi connectivity index (χ0) is 20.5. The Labute approximate surface area is 156 Å². The maximum absolute atomic E-state index is 13.9. The Morgan fingerprint density at radius 2 is 1.93 bits per heavy atom. The maximum atomic E-state index is 13.9. The Hall–Kier alpha value is -3.24. The number of hydrogen-bond acceptors (Lipinski definition) is 5. The van der Waals surface area contributed by atoms with Gasteiger partial charge in [-0.1, -0.05) is 0 Å². The van der Waals surface area contributed by atoms with Gasteiger partial charge >= 0.3 is 6.18 Å². The topological polar surface area (TPSA) is 81.6 Å². The van der Waals surface area contributed by atoms with E-state index in [1.54, 1.807) is 6.92 Å². The molecule has 0 aliphatic rings. The van der Waals surface area contributed by atoms with Crippen molar-refractivity contribution in [1.82, 2.24) is 19.7 Å². The average Bonchev–Trinajstić information content (AvgIpc) is 3.00. The lowest BCUT2D eigenvalue weighted by Crippen LogP contribution is -2.17. The van der Waals surface area contributed by atoms with Crippen LogP contribution in [0.25, 0.3) is 0 Å². The standard InChI is InChI=1S/C17H15F5N6/c1-9-14(5-10-4-11(18)2-3-13(10)19)26-16(27-15(9)23)25-12-6-24-28(7-12)8-17(20,21)22/h2-4,6-7H,5,8H2,1H3,(H3,23,25,26,27). The minimum absolute atomic E-state index is 0.00136. The monoisotopic (exact) mass is 398 g/mol. The van der Waals surface area contributed by atoms with E-state index in [-0.39, 0.29) is 29.4 Å². The van der Waals surface area contributed by atoms with Crippen molar-refractivity contribution < 1.29 is 22.0 Å². The summed E-state index contributed by atoms with van der Waals surface area (Å²) in [7, 11) is 0. The fourth-order valence-corrected chi connectivity index (χ4v) is 2.50. The first-order chi connectivity index (χ1) is 13.1. The normalized spacial score (nSPS) is 11.6. The van der Waals surface area contributed by atoms with E-state index in [0.717, 1.165) is 24.4 Å². The van der Waals surface area contributed by atoms with Gasteiger partial charge in [0.05, 0.1) is 17.6 Å². The molecule has 0 spiro atoms. The van der Waals surface area contributed by atoms with Crippen molar-refractivity contribution in [3.05, 3.63) is 59.0 Å². The van der Waals surface area contributed by atoms with Gasteiger partial charge in [0.2, 0.25) is 5.95 Å². The third-order valence-corrected chi connectivity index (χ3v) is 3.88. The van der Waals surface area contributed by atoms with Gasteiger partial charge in [-0.25, -0.2) is 13.8 Å². The lowest BCUT2D eigenvalue weighted by atomic mass is 10.1. The molecule has 11 heteroatoms. The molecule has 3 N–H and O–H groups in total. The number of halogens is 5. The summed E-state index contributed by atoms with van der Waals surface area (Å²) in [6.45, 7) is 0.392. The predicted molar refractivity (Wildman–Crippen MR) is 91.9 cm³/mol. The SMILES string of the molecule is Cc1c(N)nc(Nc2cnn(CC(F)(F)F)c2)nc1Cc1cc(F)ccc1F. The summed E-state index contributed by atoms with van der Waals surface area (Å²) in [6.07, 6.45) is -2.13. The van der Waals surface area contributed by atoms with E-state index in [2.05, 4.69) is 20.4 Å². The Kier molecular flexibility index (Phi) is 5.16. The second-order valence-corrected chi connectivity index (χ2v) is 6.08. The van der Waals surface area contributed by atoms with E-state index < -0.39 is 24.4 Å². The van der Waals surface area contributed by atoms with E-state index in [1.807, 2.05) is 0 Å². The van der Waals surface area contributed by atoms with Crippen LogP contribution >= 0.6 is 0 Å². The largest absolute Gasteiger partial charge is 0.408 e. The lowest BCUT2D eigenvalue weighted by Gasteiger charge is -2.11. The lowest BCUT2D eigenvalue weighted by molar-refractivity contribution is -0.142. The molecule has 0 saturated carbocycles. The highest BCUT2D eigenvalue weighted by molar-refractivity contribution is 5.55. The summed E-state index contributed by atoms with van der Waals surface area (Å²) in [5.74, 6) is -1.08.